The maximum Gasteiger partial charge on any atom is 0.271 e. The number of methoxy groups -OCH3 is 1. The third-order valence-corrected chi connectivity index (χ3v) is 5.10. The first-order valence-corrected chi connectivity index (χ1v) is 9.03. The van der Waals surface area contributed by atoms with E-state index in [0.717, 1.165) is 37.3 Å². The van der Waals surface area contributed by atoms with Crippen molar-refractivity contribution in [3.05, 3.63) is 40.8 Å². The Morgan fingerprint density at radius 1 is 1.44 bits per heavy atom. The Hall–Kier alpha value is -2.06. The molecule has 1 fully saturated rings. The zero-order valence-corrected chi connectivity index (χ0v) is 17.4. The molecule has 1 aliphatic rings. The Labute approximate surface area is 167 Å². The average Bonchev–Trinajstić information content (AvgIpc) is 3.29. The van der Waals surface area contributed by atoms with Crippen molar-refractivity contribution in [2.24, 2.45) is 5.92 Å². The maximum absolute atomic E-state index is 11.7. The first kappa shape index (κ1) is 21.2. The van der Waals surface area contributed by atoms with E-state index in [4.69, 9.17) is 4.74 Å². The van der Waals surface area contributed by atoms with Crippen LogP contribution < -0.4 is 10.1 Å². The number of pyridine rings is 1. The number of nitrogens with zero attached hydrogens (tertiary/aromatic N) is 3. The standard InChI is InChI=1S/C19H27N5O2.H2S/c1-12-7-15(9-18(21-12)26-4)8-14-5-6-24(11-14)13(2)16-10-17(23-22-16)19(25)20-3;/h7,9-10,13-14H,5-6,8,11H2,1-4H3,(H,20,25)(H,22,23);1H2/t13?,14-;/m1./s1. The van der Waals surface area contributed by atoms with Gasteiger partial charge in [0.05, 0.1) is 12.8 Å². The molecule has 2 aromatic rings. The topological polar surface area (TPSA) is 83.1 Å². The van der Waals surface area contributed by atoms with Crippen LogP contribution in [0, 0.1) is 12.8 Å². The molecule has 2 N–H and O–H groups in total. The van der Waals surface area contributed by atoms with Gasteiger partial charge in [-0.3, -0.25) is 14.8 Å². The van der Waals surface area contributed by atoms with Crippen LogP contribution in [0.25, 0.3) is 0 Å². The minimum atomic E-state index is -0.166. The molecule has 148 valence electrons. The molecule has 0 spiro atoms. The van der Waals surface area contributed by atoms with Crippen molar-refractivity contribution in [1.29, 1.82) is 0 Å². The summed E-state index contributed by atoms with van der Waals surface area (Å²) >= 11 is 0. The van der Waals surface area contributed by atoms with Crippen LogP contribution in [0.1, 0.15) is 46.8 Å². The molecule has 0 saturated carbocycles. The van der Waals surface area contributed by atoms with Gasteiger partial charge in [0.2, 0.25) is 5.88 Å². The zero-order chi connectivity index (χ0) is 18.7. The number of likely N-dealkylation sites (tertiary alicyclic amines) is 1. The maximum atomic E-state index is 11.7. The molecule has 0 radical (unpaired) electrons. The van der Waals surface area contributed by atoms with E-state index in [1.807, 2.05) is 19.1 Å². The van der Waals surface area contributed by atoms with Crippen molar-refractivity contribution in [2.75, 3.05) is 27.2 Å². The van der Waals surface area contributed by atoms with Crippen molar-refractivity contribution >= 4 is 19.4 Å². The first-order chi connectivity index (χ1) is 12.5. The normalized spacial score (nSPS) is 18.0. The van der Waals surface area contributed by atoms with Crippen molar-refractivity contribution in [3.8, 4) is 5.88 Å². The molecule has 0 aliphatic carbocycles. The molecular weight excluding hydrogens is 362 g/mol. The van der Waals surface area contributed by atoms with E-state index in [0.29, 0.717) is 17.5 Å². The summed E-state index contributed by atoms with van der Waals surface area (Å²) in [5, 5.41) is 9.72. The van der Waals surface area contributed by atoms with Gasteiger partial charge in [-0.25, -0.2) is 4.98 Å². The summed E-state index contributed by atoms with van der Waals surface area (Å²) in [5.41, 5.74) is 3.68. The Kier molecular flexibility index (Phi) is 7.26. The van der Waals surface area contributed by atoms with Crippen LogP contribution in [0.3, 0.4) is 0 Å². The summed E-state index contributed by atoms with van der Waals surface area (Å²) in [6.45, 7) is 6.22. The van der Waals surface area contributed by atoms with E-state index in [1.165, 1.54) is 5.56 Å². The lowest BCUT2D eigenvalue weighted by Crippen LogP contribution is -2.25. The molecule has 2 atom stereocenters. The molecule has 1 aliphatic heterocycles. The van der Waals surface area contributed by atoms with E-state index >= 15 is 0 Å². The molecule has 1 saturated heterocycles. The number of ether oxygens (including phenoxy) is 1. The molecule has 8 heteroatoms. The minimum absolute atomic E-state index is 0. The van der Waals surface area contributed by atoms with E-state index in [-0.39, 0.29) is 25.4 Å². The van der Waals surface area contributed by atoms with Crippen molar-refractivity contribution in [2.45, 2.75) is 32.7 Å². The number of aryl methyl sites for hydroxylation is 1. The van der Waals surface area contributed by atoms with Crippen molar-refractivity contribution in [1.82, 2.24) is 25.4 Å². The van der Waals surface area contributed by atoms with Crippen LogP contribution >= 0.6 is 13.5 Å². The van der Waals surface area contributed by atoms with Gasteiger partial charge < -0.3 is 10.1 Å². The van der Waals surface area contributed by atoms with Crippen LogP contribution in [-0.4, -0.2) is 53.2 Å². The smallest absolute Gasteiger partial charge is 0.271 e. The van der Waals surface area contributed by atoms with Gasteiger partial charge in [0.15, 0.2) is 0 Å². The highest BCUT2D eigenvalue weighted by molar-refractivity contribution is 7.59. The lowest BCUT2D eigenvalue weighted by molar-refractivity contribution is 0.0958. The third-order valence-electron chi connectivity index (χ3n) is 5.10. The summed E-state index contributed by atoms with van der Waals surface area (Å²) in [5.74, 6) is 1.12. The second-order valence-electron chi connectivity index (χ2n) is 6.98. The van der Waals surface area contributed by atoms with E-state index < -0.39 is 0 Å². The van der Waals surface area contributed by atoms with Crippen LogP contribution in [0.4, 0.5) is 0 Å². The number of H-pyrrole nitrogens is 1. The number of hydrogen-bond donors (Lipinski definition) is 2. The fourth-order valence-corrected chi connectivity index (χ4v) is 3.64. The monoisotopic (exact) mass is 391 g/mol. The molecular formula is C19H29N5O2S. The highest BCUT2D eigenvalue weighted by Gasteiger charge is 2.28. The molecule has 1 amide bonds. The Balaban J connectivity index is 0.00000261. The molecule has 3 heterocycles. The molecule has 0 aromatic carbocycles. The number of carbonyl (C=O) groups excluding carboxylic acids is 1. The summed E-state index contributed by atoms with van der Waals surface area (Å²) in [7, 11) is 3.27. The first-order valence-electron chi connectivity index (χ1n) is 9.03. The lowest BCUT2D eigenvalue weighted by Gasteiger charge is -2.23. The zero-order valence-electron chi connectivity index (χ0n) is 16.4. The molecule has 27 heavy (non-hydrogen) atoms. The molecule has 2 aromatic heterocycles. The van der Waals surface area contributed by atoms with Gasteiger partial charge in [-0.05, 0) is 56.8 Å². The molecule has 1 unspecified atom stereocenters. The molecule has 7 nitrogen and oxygen atoms in total. The Morgan fingerprint density at radius 2 is 2.22 bits per heavy atom. The number of carbonyl (C=O) groups is 1. The van der Waals surface area contributed by atoms with Gasteiger partial charge in [0.1, 0.15) is 5.69 Å². The van der Waals surface area contributed by atoms with Crippen LogP contribution in [0.15, 0.2) is 18.2 Å². The van der Waals surface area contributed by atoms with E-state index in [1.54, 1.807) is 14.2 Å². The summed E-state index contributed by atoms with van der Waals surface area (Å²) in [6, 6.07) is 6.22. The van der Waals surface area contributed by atoms with Gasteiger partial charge in [0, 0.05) is 31.4 Å². The lowest BCUT2D eigenvalue weighted by atomic mass is 9.99. The number of nitrogens with one attached hydrogen (secondary N) is 2. The van der Waals surface area contributed by atoms with Crippen LogP contribution in [0.5, 0.6) is 5.88 Å². The fraction of sp³-hybridized carbons (Fsp3) is 0.526. The quantitative estimate of drug-likeness (QED) is 0.789. The second-order valence-corrected chi connectivity index (χ2v) is 6.98. The van der Waals surface area contributed by atoms with Gasteiger partial charge >= 0.3 is 0 Å². The minimum Gasteiger partial charge on any atom is -0.481 e. The van der Waals surface area contributed by atoms with Gasteiger partial charge in [-0.2, -0.15) is 18.6 Å². The van der Waals surface area contributed by atoms with Gasteiger partial charge in [0.25, 0.3) is 5.91 Å². The van der Waals surface area contributed by atoms with Crippen molar-refractivity contribution < 1.29 is 9.53 Å². The predicted molar refractivity (Wildman–Crippen MR) is 110 cm³/mol. The highest BCUT2D eigenvalue weighted by atomic mass is 32.1. The second kappa shape index (κ2) is 9.23. The largest absolute Gasteiger partial charge is 0.481 e. The van der Waals surface area contributed by atoms with Gasteiger partial charge in [-0.1, -0.05) is 0 Å². The highest BCUT2D eigenvalue weighted by Crippen LogP contribution is 2.29. The van der Waals surface area contributed by atoms with E-state index in [2.05, 4.69) is 38.4 Å². The summed E-state index contributed by atoms with van der Waals surface area (Å²) in [4.78, 5) is 18.5. The van der Waals surface area contributed by atoms with E-state index in [9.17, 15) is 4.79 Å². The predicted octanol–water partition coefficient (Wildman–Crippen LogP) is 2.22. The SMILES string of the molecule is CNC(=O)c1cc(C(C)N2CC[C@H](Cc3cc(C)nc(OC)c3)C2)[nH]n1.S. The fourth-order valence-electron chi connectivity index (χ4n) is 3.64. The summed E-state index contributed by atoms with van der Waals surface area (Å²) in [6.07, 6.45) is 2.18. The van der Waals surface area contributed by atoms with Crippen molar-refractivity contribution in [3.63, 3.8) is 0 Å². The van der Waals surface area contributed by atoms with Crippen LogP contribution in [0.2, 0.25) is 0 Å². The molecule has 3 rings (SSSR count). The third kappa shape index (κ3) is 5.01. The summed E-state index contributed by atoms with van der Waals surface area (Å²) < 4.78 is 5.28. The number of hydrogen-bond acceptors (Lipinski definition) is 5. The average molecular weight is 392 g/mol. The molecule has 0 bridgehead atoms. The van der Waals surface area contributed by atoms with Gasteiger partial charge in [-0.15, -0.1) is 0 Å². The number of aromatic amines is 1. The van der Waals surface area contributed by atoms with Crippen LogP contribution in [-0.2, 0) is 6.42 Å². The Bertz CT molecular complexity index is 779. The number of amides is 1. The number of rotatable bonds is 6. The number of aromatic nitrogens is 3. The Morgan fingerprint density at radius 3 is 2.93 bits per heavy atom.